The minimum Gasteiger partial charge on any atom is -0.475 e. The van der Waals surface area contributed by atoms with Crippen LogP contribution in [0.25, 0.3) is 11.3 Å². The van der Waals surface area contributed by atoms with E-state index in [4.69, 9.17) is 9.52 Å². The minimum atomic E-state index is -3.23. The van der Waals surface area contributed by atoms with E-state index in [0.717, 1.165) is 6.26 Å². The summed E-state index contributed by atoms with van der Waals surface area (Å²) in [7, 11) is -3.23. The number of hydrogen-bond acceptors (Lipinski definition) is 4. The first-order valence-electron chi connectivity index (χ1n) is 5.01. The maximum absolute atomic E-state index is 11.3. The maximum atomic E-state index is 11.3. The Morgan fingerprint density at radius 3 is 2.17 bits per heavy atom. The van der Waals surface area contributed by atoms with Crippen molar-refractivity contribution in [1.29, 1.82) is 0 Å². The number of sulfone groups is 1. The molecule has 0 radical (unpaired) electrons. The zero-order valence-electron chi connectivity index (χ0n) is 9.45. The summed E-state index contributed by atoms with van der Waals surface area (Å²) < 4.78 is 27.7. The third-order valence-corrected chi connectivity index (χ3v) is 3.51. The molecule has 0 fully saturated rings. The van der Waals surface area contributed by atoms with Crippen LogP contribution in [0.1, 0.15) is 10.6 Å². The van der Waals surface area contributed by atoms with Crippen molar-refractivity contribution in [3.8, 4) is 11.3 Å². The molecule has 0 spiro atoms. The summed E-state index contributed by atoms with van der Waals surface area (Å²) in [6.07, 6.45) is 1.12. The number of rotatable bonds is 3. The molecule has 0 aliphatic carbocycles. The first-order valence-corrected chi connectivity index (χ1v) is 6.91. The SMILES string of the molecule is CS(=O)(=O)c1ccc(-c2ccc(C(=O)O)o2)cc1. The van der Waals surface area contributed by atoms with Gasteiger partial charge in [-0.1, -0.05) is 0 Å². The van der Waals surface area contributed by atoms with Gasteiger partial charge in [-0.3, -0.25) is 0 Å². The molecule has 1 heterocycles. The lowest BCUT2D eigenvalue weighted by Crippen LogP contribution is -1.96. The van der Waals surface area contributed by atoms with Gasteiger partial charge in [0.05, 0.1) is 4.90 Å². The highest BCUT2D eigenvalue weighted by Gasteiger charge is 2.11. The number of hydrogen-bond donors (Lipinski definition) is 1. The Morgan fingerprint density at radius 2 is 1.72 bits per heavy atom. The predicted molar refractivity (Wildman–Crippen MR) is 64.2 cm³/mol. The van der Waals surface area contributed by atoms with Gasteiger partial charge in [0.25, 0.3) is 0 Å². The fourth-order valence-electron chi connectivity index (χ4n) is 1.47. The van der Waals surface area contributed by atoms with Gasteiger partial charge in [-0.05, 0) is 36.4 Å². The molecule has 0 amide bonds. The van der Waals surface area contributed by atoms with Crippen molar-refractivity contribution < 1.29 is 22.7 Å². The van der Waals surface area contributed by atoms with Crippen molar-refractivity contribution in [2.45, 2.75) is 4.90 Å². The average Bonchev–Trinajstić information content (AvgIpc) is 2.77. The molecule has 1 aromatic heterocycles. The van der Waals surface area contributed by atoms with Crippen molar-refractivity contribution in [2.75, 3.05) is 6.26 Å². The molecule has 0 aliphatic rings. The Kier molecular flexibility index (Phi) is 2.96. The van der Waals surface area contributed by atoms with Crippen LogP contribution < -0.4 is 0 Å². The van der Waals surface area contributed by atoms with Crippen LogP contribution in [0, 0.1) is 0 Å². The van der Waals surface area contributed by atoms with Gasteiger partial charge in [0, 0.05) is 11.8 Å². The summed E-state index contributed by atoms with van der Waals surface area (Å²) in [5.41, 5.74) is 0.620. The molecule has 18 heavy (non-hydrogen) atoms. The first kappa shape index (κ1) is 12.4. The molecule has 94 valence electrons. The number of carboxylic acid groups (broad SMARTS) is 1. The largest absolute Gasteiger partial charge is 0.475 e. The van der Waals surface area contributed by atoms with E-state index in [0.29, 0.717) is 11.3 Å². The van der Waals surface area contributed by atoms with Gasteiger partial charge >= 0.3 is 5.97 Å². The number of furan rings is 1. The summed E-state index contributed by atoms with van der Waals surface area (Å²) in [5, 5.41) is 8.72. The highest BCUT2D eigenvalue weighted by molar-refractivity contribution is 7.90. The van der Waals surface area contributed by atoms with E-state index in [-0.39, 0.29) is 10.7 Å². The van der Waals surface area contributed by atoms with Crippen molar-refractivity contribution in [1.82, 2.24) is 0 Å². The van der Waals surface area contributed by atoms with Crippen LogP contribution in [0.15, 0.2) is 45.7 Å². The molecule has 6 heteroatoms. The molecular weight excluding hydrogens is 256 g/mol. The second-order valence-electron chi connectivity index (χ2n) is 3.77. The van der Waals surface area contributed by atoms with Crippen LogP contribution >= 0.6 is 0 Å². The highest BCUT2D eigenvalue weighted by atomic mass is 32.2. The number of benzene rings is 1. The Labute approximate surface area is 104 Å². The summed E-state index contributed by atoms with van der Waals surface area (Å²) >= 11 is 0. The van der Waals surface area contributed by atoms with E-state index in [1.807, 2.05) is 0 Å². The van der Waals surface area contributed by atoms with Gasteiger partial charge < -0.3 is 9.52 Å². The van der Waals surface area contributed by atoms with Crippen LogP contribution in [0.2, 0.25) is 0 Å². The maximum Gasteiger partial charge on any atom is 0.371 e. The Morgan fingerprint density at radius 1 is 1.11 bits per heavy atom. The fourth-order valence-corrected chi connectivity index (χ4v) is 2.10. The van der Waals surface area contributed by atoms with Crippen molar-refractivity contribution in [3.05, 3.63) is 42.2 Å². The second kappa shape index (κ2) is 4.30. The van der Waals surface area contributed by atoms with Crippen LogP contribution in [0.5, 0.6) is 0 Å². The van der Waals surface area contributed by atoms with Gasteiger partial charge in [0.2, 0.25) is 5.76 Å². The van der Waals surface area contributed by atoms with Gasteiger partial charge in [0.15, 0.2) is 9.84 Å². The molecule has 0 saturated carbocycles. The Hall–Kier alpha value is -2.08. The Bertz CT molecular complexity index is 680. The summed E-state index contributed by atoms with van der Waals surface area (Å²) in [5.74, 6) is -0.918. The molecule has 0 atom stereocenters. The molecule has 2 rings (SSSR count). The zero-order chi connectivity index (χ0) is 13.3. The first-order chi connectivity index (χ1) is 8.38. The van der Waals surface area contributed by atoms with Crippen molar-refractivity contribution >= 4 is 15.8 Å². The molecular formula is C12H10O5S. The predicted octanol–water partition coefficient (Wildman–Crippen LogP) is 2.05. The minimum absolute atomic E-state index is 0.155. The average molecular weight is 266 g/mol. The smallest absolute Gasteiger partial charge is 0.371 e. The third-order valence-electron chi connectivity index (χ3n) is 2.38. The molecule has 2 aromatic rings. The summed E-state index contributed by atoms with van der Waals surface area (Å²) in [6.45, 7) is 0. The van der Waals surface area contributed by atoms with E-state index >= 15 is 0 Å². The zero-order valence-corrected chi connectivity index (χ0v) is 10.3. The normalized spacial score (nSPS) is 11.4. The lowest BCUT2D eigenvalue weighted by Gasteiger charge is -2.00. The molecule has 0 saturated heterocycles. The molecule has 0 bridgehead atoms. The van der Waals surface area contributed by atoms with Crippen LogP contribution in [0.4, 0.5) is 0 Å². The van der Waals surface area contributed by atoms with Gasteiger partial charge in [-0.2, -0.15) is 0 Å². The lowest BCUT2D eigenvalue weighted by atomic mass is 10.2. The van der Waals surface area contributed by atoms with Gasteiger partial charge in [-0.15, -0.1) is 0 Å². The van der Waals surface area contributed by atoms with E-state index in [2.05, 4.69) is 0 Å². The van der Waals surface area contributed by atoms with E-state index in [1.165, 1.54) is 24.3 Å². The molecule has 0 unspecified atom stereocenters. The quantitative estimate of drug-likeness (QED) is 0.919. The number of carboxylic acids is 1. The molecule has 1 N–H and O–H groups in total. The highest BCUT2D eigenvalue weighted by Crippen LogP contribution is 2.23. The monoisotopic (exact) mass is 266 g/mol. The van der Waals surface area contributed by atoms with Crippen LogP contribution in [-0.2, 0) is 9.84 Å². The molecule has 5 nitrogen and oxygen atoms in total. The van der Waals surface area contributed by atoms with Gasteiger partial charge in [0.1, 0.15) is 5.76 Å². The van der Waals surface area contributed by atoms with E-state index < -0.39 is 15.8 Å². The van der Waals surface area contributed by atoms with E-state index in [9.17, 15) is 13.2 Å². The Balaban J connectivity index is 2.37. The topological polar surface area (TPSA) is 84.6 Å². The second-order valence-corrected chi connectivity index (χ2v) is 5.78. The van der Waals surface area contributed by atoms with Crippen molar-refractivity contribution in [2.24, 2.45) is 0 Å². The molecule has 0 aliphatic heterocycles. The summed E-state index contributed by atoms with van der Waals surface area (Å²) in [4.78, 5) is 10.9. The lowest BCUT2D eigenvalue weighted by molar-refractivity contribution is 0.0663. The molecule has 1 aromatic carbocycles. The third kappa shape index (κ3) is 2.43. The van der Waals surface area contributed by atoms with Crippen LogP contribution in [-0.4, -0.2) is 25.7 Å². The van der Waals surface area contributed by atoms with Crippen LogP contribution in [0.3, 0.4) is 0 Å². The number of aromatic carboxylic acids is 1. The van der Waals surface area contributed by atoms with Gasteiger partial charge in [-0.25, -0.2) is 13.2 Å². The standard InChI is InChI=1S/C12H10O5S/c1-18(15,16)9-4-2-8(3-5-9)10-6-7-11(17-10)12(13)14/h2-7H,1H3,(H,13,14). The van der Waals surface area contributed by atoms with Crippen molar-refractivity contribution in [3.63, 3.8) is 0 Å². The van der Waals surface area contributed by atoms with E-state index in [1.54, 1.807) is 12.1 Å². The fraction of sp³-hybridized carbons (Fsp3) is 0.0833. The summed E-state index contributed by atoms with van der Waals surface area (Å²) in [6, 6.07) is 8.92. The number of carbonyl (C=O) groups is 1.